The molecule has 0 saturated heterocycles. The Hall–Kier alpha value is -0.290. The van der Waals surface area contributed by atoms with Gasteiger partial charge in [0, 0.05) is 5.56 Å². The lowest BCUT2D eigenvalue weighted by molar-refractivity contribution is 0.553. The first kappa shape index (κ1) is 9.27. The Bertz CT molecular complexity index is 389. The normalized spacial score (nSPS) is 10.3. The van der Waals surface area contributed by atoms with Gasteiger partial charge in [-0.1, -0.05) is 30.3 Å². The lowest BCUT2D eigenvalue weighted by Crippen LogP contribution is -1.69. The molecular weight excluding hydrogens is 343 g/mol. The Labute approximate surface area is 98.4 Å². The third kappa shape index (κ3) is 1.96. The van der Waals surface area contributed by atoms with Crippen LogP contribution in [0.2, 0.25) is 0 Å². The van der Waals surface area contributed by atoms with Crippen LogP contribution in [0.5, 0.6) is 0 Å². The first-order chi connectivity index (χ1) is 6.27. The molecular formula is C10H6BrIO. The second-order valence-corrected chi connectivity index (χ2v) is 4.48. The van der Waals surface area contributed by atoms with E-state index >= 15 is 0 Å². The highest BCUT2D eigenvalue weighted by Gasteiger charge is 2.06. The number of hydrogen-bond donors (Lipinski definition) is 0. The van der Waals surface area contributed by atoms with Gasteiger partial charge in [-0.25, -0.2) is 0 Å². The quantitative estimate of drug-likeness (QED) is 0.700. The highest BCUT2D eigenvalue weighted by molar-refractivity contribution is 14.1. The molecule has 3 heteroatoms. The van der Waals surface area contributed by atoms with Gasteiger partial charge in [0.1, 0.15) is 5.76 Å². The van der Waals surface area contributed by atoms with E-state index in [1.54, 1.807) is 0 Å². The van der Waals surface area contributed by atoms with Crippen molar-refractivity contribution in [1.82, 2.24) is 0 Å². The molecule has 0 amide bonds. The number of furan rings is 1. The molecule has 1 aromatic heterocycles. The van der Waals surface area contributed by atoms with Gasteiger partial charge in [-0.05, 0) is 44.6 Å². The van der Waals surface area contributed by atoms with Crippen molar-refractivity contribution in [2.45, 2.75) is 0 Å². The van der Waals surface area contributed by atoms with E-state index < -0.39 is 0 Å². The van der Waals surface area contributed by atoms with Crippen LogP contribution < -0.4 is 0 Å². The molecule has 66 valence electrons. The number of hydrogen-bond acceptors (Lipinski definition) is 1. The zero-order valence-corrected chi connectivity index (χ0v) is 10.4. The fourth-order valence-corrected chi connectivity index (χ4v) is 1.77. The molecule has 0 bridgehead atoms. The monoisotopic (exact) mass is 348 g/mol. The summed E-state index contributed by atoms with van der Waals surface area (Å²) in [6.45, 7) is 0. The Morgan fingerprint density at radius 2 is 1.85 bits per heavy atom. The van der Waals surface area contributed by atoms with Crippen LogP contribution in [0.4, 0.5) is 0 Å². The van der Waals surface area contributed by atoms with Crippen molar-refractivity contribution in [1.29, 1.82) is 0 Å². The minimum Gasteiger partial charge on any atom is -0.448 e. The maximum Gasteiger partial charge on any atom is 0.183 e. The highest BCUT2D eigenvalue weighted by atomic mass is 127. The zero-order valence-electron chi connectivity index (χ0n) is 6.63. The van der Waals surface area contributed by atoms with Gasteiger partial charge in [-0.2, -0.15) is 0 Å². The summed E-state index contributed by atoms with van der Waals surface area (Å²) < 4.78 is 7.40. The van der Waals surface area contributed by atoms with Gasteiger partial charge in [-0.15, -0.1) is 0 Å². The lowest BCUT2D eigenvalue weighted by Gasteiger charge is -1.93. The van der Waals surface area contributed by atoms with Crippen molar-refractivity contribution < 1.29 is 4.42 Å². The Kier molecular flexibility index (Phi) is 2.74. The van der Waals surface area contributed by atoms with Crippen molar-refractivity contribution >= 4 is 38.5 Å². The average molecular weight is 349 g/mol. The van der Waals surface area contributed by atoms with Gasteiger partial charge in [0.2, 0.25) is 0 Å². The molecule has 0 radical (unpaired) electrons. The van der Waals surface area contributed by atoms with E-state index in [2.05, 4.69) is 38.5 Å². The van der Waals surface area contributed by atoms with Crippen LogP contribution in [-0.4, -0.2) is 0 Å². The van der Waals surface area contributed by atoms with Gasteiger partial charge in [0.25, 0.3) is 0 Å². The fourth-order valence-electron chi connectivity index (χ4n) is 1.09. The van der Waals surface area contributed by atoms with Crippen LogP contribution in [0.1, 0.15) is 0 Å². The summed E-state index contributed by atoms with van der Waals surface area (Å²) in [7, 11) is 0. The summed E-state index contributed by atoms with van der Waals surface area (Å²) in [5.74, 6) is 0.900. The number of benzene rings is 1. The fraction of sp³-hybridized carbons (Fsp3) is 0. The van der Waals surface area contributed by atoms with E-state index in [1.165, 1.54) is 0 Å². The summed E-state index contributed by atoms with van der Waals surface area (Å²) in [6, 6.07) is 12.1. The molecule has 1 nitrogen and oxygen atoms in total. The van der Waals surface area contributed by atoms with Crippen LogP contribution >= 0.6 is 38.5 Å². The SMILES string of the molecule is Brc1oc(-c2ccccc2)cc1I. The molecule has 0 fully saturated rings. The molecule has 1 aromatic carbocycles. The molecule has 0 unspecified atom stereocenters. The first-order valence-electron chi connectivity index (χ1n) is 3.77. The van der Waals surface area contributed by atoms with Crippen LogP contribution in [0.3, 0.4) is 0 Å². The van der Waals surface area contributed by atoms with Crippen molar-refractivity contribution in [2.75, 3.05) is 0 Å². The maximum atomic E-state index is 5.51. The van der Waals surface area contributed by atoms with Gasteiger partial charge >= 0.3 is 0 Å². The molecule has 0 atom stereocenters. The average Bonchev–Trinajstić information content (AvgIpc) is 2.49. The van der Waals surface area contributed by atoms with Crippen LogP contribution in [0.15, 0.2) is 45.5 Å². The van der Waals surface area contributed by atoms with Crippen LogP contribution in [-0.2, 0) is 0 Å². The van der Waals surface area contributed by atoms with Crippen molar-refractivity contribution in [3.63, 3.8) is 0 Å². The molecule has 2 aromatic rings. The summed E-state index contributed by atoms with van der Waals surface area (Å²) in [6.07, 6.45) is 0. The lowest BCUT2D eigenvalue weighted by atomic mass is 10.2. The van der Waals surface area contributed by atoms with Crippen molar-refractivity contribution in [3.05, 3.63) is 44.6 Å². The maximum absolute atomic E-state index is 5.51. The first-order valence-corrected chi connectivity index (χ1v) is 5.65. The molecule has 0 spiro atoms. The molecule has 0 aliphatic rings. The molecule has 0 saturated carbocycles. The van der Waals surface area contributed by atoms with Crippen LogP contribution in [0, 0.1) is 3.57 Å². The standard InChI is InChI=1S/C10H6BrIO/c11-10-8(12)6-9(13-10)7-4-2-1-3-5-7/h1-6H. The van der Waals surface area contributed by atoms with Gasteiger partial charge in [-0.3, -0.25) is 0 Å². The molecule has 2 rings (SSSR count). The van der Waals surface area contributed by atoms with E-state index in [0.717, 1.165) is 19.6 Å². The minimum atomic E-state index is 0.798. The van der Waals surface area contributed by atoms with E-state index in [9.17, 15) is 0 Å². The third-order valence-corrected chi connectivity index (χ3v) is 3.84. The molecule has 0 aliphatic heterocycles. The smallest absolute Gasteiger partial charge is 0.183 e. The summed E-state index contributed by atoms with van der Waals surface area (Å²) in [5.41, 5.74) is 1.10. The van der Waals surface area contributed by atoms with E-state index in [1.807, 2.05) is 36.4 Å². The van der Waals surface area contributed by atoms with Gasteiger partial charge in [0.15, 0.2) is 4.67 Å². The summed E-state index contributed by atoms with van der Waals surface area (Å²) in [5, 5.41) is 0. The topological polar surface area (TPSA) is 13.1 Å². The summed E-state index contributed by atoms with van der Waals surface area (Å²) >= 11 is 5.57. The third-order valence-electron chi connectivity index (χ3n) is 1.70. The summed E-state index contributed by atoms with van der Waals surface area (Å²) in [4.78, 5) is 0. The second-order valence-electron chi connectivity index (χ2n) is 2.60. The number of rotatable bonds is 1. The minimum absolute atomic E-state index is 0.798. The highest BCUT2D eigenvalue weighted by Crippen LogP contribution is 2.29. The Morgan fingerprint density at radius 3 is 2.38 bits per heavy atom. The van der Waals surface area contributed by atoms with Gasteiger partial charge in [0.05, 0.1) is 3.57 Å². The molecule has 0 N–H and O–H groups in total. The van der Waals surface area contributed by atoms with Gasteiger partial charge < -0.3 is 4.42 Å². The Morgan fingerprint density at radius 1 is 1.15 bits per heavy atom. The second kappa shape index (κ2) is 3.84. The largest absolute Gasteiger partial charge is 0.448 e. The van der Waals surface area contributed by atoms with E-state index in [4.69, 9.17) is 4.42 Å². The predicted molar refractivity (Wildman–Crippen MR) is 64.6 cm³/mol. The molecule has 0 aliphatic carbocycles. The van der Waals surface area contributed by atoms with Crippen LogP contribution in [0.25, 0.3) is 11.3 Å². The Balaban J connectivity index is 2.48. The van der Waals surface area contributed by atoms with E-state index in [0.29, 0.717) is 0 Å². The zero-order chi connectivity index (χ0) is 9.26. The van der Waals surface area contributed by atoms with E-state index in [-0.39, 0.29) is 0 Å². The van der Waals surface area contributed by atoms with Crippen molar-refractivity contribution in [2.24, 2.45) is 0 Å². The molecule has 13 heavy (non-hydrogen) atoms. The predicted octanol–water partition coefficient (Wildman–Crippen LogP) is 4.31. The molecule has 1 heterocycles. The number of halogens is 2. The van der Waals surface area contributed by atoms with Crippen molar-refractivity contribution in [3.8, 4) is 11.3 Å².